The normalized spacial score (nSPS) is 10.4. The second kappa shape index (κ2) is 5.01. The lowest BCUT2D eigenvalue weighted by molar-refractivity contribution is 0.511. The third-order valence-electron chi connectivity index (χ3n) is 2.95. The van der Waals surface area contributed by atoms with Crippen LogP contribution in [-0.2, 0) is 0 Å². The van der Waals surface area contributed by atoms with Gasteiger partial charge in [0.05, 0.1) is 0 Å². The number of benzene rings is 1. The zero-order chi connectivity index (χ0) is 13.9. The van der Waals surface area contributed by atoms with Crippen molar-refractivity contribution < 1.29 is 8.83 Å². The molecule has 0 saturated heterocycles. The Bertz CT molecular complexity index is 745. The van der Waals surface area contributed by atoms with Crippen molar-refractivity contribution in [3.8, 4) is 22.3 Å². The molecule has 0 spiro atoms. The molecule has 0 fully saturated rings. The summed E-state index contributed by atoms with van der Waals surface area (Å²) in [6.45, 7) is 0. The topological polar surface area (TPSA) is 60.4 Å². The summed E-state index contributed by atoms with van der Waals surface area (Å²) in [7, 11) is 0. The van der Waals surface area contributed by atoms with Crippen LogP contribution in [0, 0.1) is 0 Å². The molecule has 0 aliphatic rings. The van der Waals surface area contributed by atoms with Crippen LogP contribution < -0.4 is 11.3 Å². The van der Waals surface area contributed by atoms with Crippen LogP contribution >= 0.6 is 0 Å². The molecule has 0 radical (unpaired) electrons. The molecule has 0 aliphatic carbocycles. The minimum absolute atomic E-state index is 0.392. The van der Waals surface area contributed by atoms with E-state index < -0.39 is 11.3 Å². The molecular formula is C16H10O4. The van der Waals surface area contributed by atoms with Gasteiger partial charge in [0.2, 0.25) is 0 Å². The zero-order valence-electron chi connectivity index (χ0n) is 10.4. The number of hydrogen-bond acceptors (Lipinski definition) is 4. The second-order valence-corrected chi connectivity index (χ2v) is 4.23. The van der Waals surface area contributed by atoms with Crippen LogP contribution in [0.15, 0.2) is 79.5 Å². The third kappa shape index (κ3) is 2.31. The molecule has 98 valence electrons. The molecular weight excluding hydrogens is 256 g/mol. The first-order chi connectivity index (χ1) is 9.74. The van der Waals surface area contributed by atoms with Crippen LogP contribution in [-0.4, -0.2) is 0 Å². The smallest absolute Gasteiger partial charge is 0.335 e. The van der Waals surface area contributed by atoms with Crippen molar-refractivity contribution in [2.45, 2.75) is 0 Å². The van der Waals surface area contributed by atoms with E-state index in [1.807, 2.05) is 24.3 Å². The third-order valence-corrected chi connectivity index (χ3v) is 2.95. The highest BCUT2D eigenvalue weighted by Crippen LogP contribution is 2.30. The molecule has 4 heteroatoms. The van der Waals surface area contributed by atoms with E-state index >= 15 is 0 Å². The minimum Gasteiger partial charge on any atom is -0.431 e. The average molecular weight is 266 g/mol. The molecule has 0 amide bonds. The summed E-state index contributed by atoms with van der Waals surface area (Å²) in [6.07, 6.45) is 2.83. The molecule has 0 N–H and O–H groups in total. The van der Waals surface area contributed by atoms with Crippen molar-refractivity contribution in [2.75, 3.05) is 0 Å². The van der Waals surface area contributed by atoms with Gasteiger partial charge in [-0.05, 0) is 23.3 Å². The van der Waals surface area contributed by atoms with Crippen molar-refractivity contribution in [1.82, 2.24) is 0 Å². The highest BCUT2D eigenvalue weighted by molar-refractivity contribution is 5.82. The van der Waals surface area contributed by atoms with E-state index in [1.54, 1.807) is 12.1 Å². The van der Waals surface area contributed by atoms with Crippen molar-refractivity contribution in [2.24, 2.45) is 0 Å². The molecule has 1 aromatic carbocycles. The van der Waals surface area contributed by atoms with Crippen LogP contribution in [0.2, 0.25) is 0 Å². The van der Waals surface area contributed by atoms with Gasteiger partial charge >= 0.3 is 11.3 Å². The van der Waals surface area contributed by atoms with Crippen molar-refractivity contribution in [1.29, 1.82) is 0 Å². The van der Waals surface area contributed by atoms with E-state index in [9.17, 15) is 9.59 Å². The van der Waals surface area contributed by atoms with Gasteiger partial charge in [-0.1, -0.05) is 24.3 Å². The summed E-state index contributed by atoms with van der Waals surface area (Å²) in [5, 5.41) is 0. The summed E-state index contributed by atoms with van der Waals surface area (Å²) in [4.78, 5) is 22.1. The maximum atomic E-state index is 11.0. The van der Waals surface area contributed by atoms with Crippen molar-refractivity contribution >= 4 is 0 Å². The van der Waals surface area contributed by atoms with Gasteiger partial charge in [0.1, 0.15) is 12.5 Å². The van der Waals surface area contributed by atoms with Gasteiger partial charge in [0.15, 0.2) is 0 Å². The molecule has 0 saturated carbocycles. The van der Waals surface area contributed by atoms with Gasteiger partial charge in [-0.2, -0.15) is 0 Å². The molecule has 0 aliphatic heterocycles. The maximum absolute atomic E-state index is 11.0. The average Bonchev–Trinajstić information content (AvgIpc) is 2.49. The first-order valence-corrected chi connectivity index (χ1v) is 6.01. The van der Waals surface area contributed by atoms with E-state index in [0.717, 1.165) is 22.3 Å². The Labute approximate surface area is 113 Å². The maximum Gasteiger partial charge on any atom is 0.335 e. The van der Waals surface area contributed by atoms with Gasteiger partial charge < -0.3 is 8.83 Å². The van der Waals surface area contributed by atoms with E-state index in [1.165, 1.54) is 24.7 Å². The van der Waals surface area contributed by atoms with E-state index in [4.69, 9.17) is 8.83 Å². The molecule has 2 heterocycles. The summed E-state index contributed by atoms with van der Waals surface area (Å²) in [5.41, 5.74) is 2.57. The second-order valence-electron chi connectivity index (χ2n) is 4.23. The Balaban J connectivity index is 2.17. The Morgan fingerprint density at radius 1 is 0.600 bits per heavy atom. The Morgan fingerprint density at radius 3 is 1.40 bits per heavy atom. The predicted octanol–water partition coefficient (Wildman–Crippen LogP) is 2.93. The zero-order valence-corrected chi connectivity index (χ0v) is 10.4. The molecule has 3 aromatic rings. The highest BCUT2D eigenvalue weighted by atomic mass is 16.4. The Kier molecular flexibility index (Phi) is 3.05. The first kappa shape index (κ1) is 12.2. The highest BCUT2D eigenvalue weighted by Gasteiger charge is 2.08. The quantitative estimate of drug-likeness (QED) is 0.715. The minimum atomic E-state index is -0.392. The van der Waals surface area contributed by atoms with Gasteiger partial charge in [0.25, 0.3) is 0 Å². The molecule has 3 rings (SSSR count). The van der Waals surface area contributed by atoms with Gasteiger partial charge in [-0.15, -0.1) is 0 Å². The molecule has 0 unspecified atom stereocenters. The van der Waals surface area contributed by atoms with Gasteiger partial charge in [0, 0.05) is 23.3 Å². The summed E-state index contributed by atoms with van der Waals surface area (Å²) >= 11 is 0. The predicted molar refractivity (Wildman–Crippen MR) is 74.4 cm³/mol. The molecule has 20 heavy (non-hydrogen) atoms. The fourth-order valence-electron chi connectivity index (χ4n) is 2.01. The summed E-state index contributed by atoms with van der Waals surface area (Å²) in [6, 6.07) is 13.7. The van der Waals surface area contributed by atoms with Crippen LogP contribution in [0.3, 0.4) is 0 Å². The molecule has 2 aromatic heterocycles. The lowest BCUT2D eigenvalue weighted by Gasteiger charge is -2.08. The lowest BCUT2D eigenvalue weighted by atomic mass is 9.97. The van der Waals surface area contributed by atoms with Gasteiger partial charge in [-0.25, -0.2) is 9.59 Å². The standard InChI is InChI=1S/C16H10O4/c17-15-7-5-11(9-19-15)13-3-1-2-4-14(13)12-6-8-16(18)20-10-12/h1-10H. The van der Waals surface area contributed by atoms with Crippen molar-refractivity contribution in [3.63, 3.8) is 0 Å². The largest absolute Gasteiger partial charge is 0.431 e. The van der Waals surface area contributed by atoms with Crippen LogP contribution in [0.25, 0.3) is 22.3 Å². The van der Waals surface area contributed by atoms with E-state index in [-0.39, 0.29) is 0 Å². The van der Waals surface area contributed by atoms with E-state index in [2.05, 4.69) is 0 Å². The Morgan fingerprint density at radius 2 is 1.05 bits per heavy atom. The SMILES string of the molecule is O=c1ccc(-c2ccccc2-c2ccc(=O)oc2)co1. The summed E-state index contributed by atoms with van der Waals surface area (Å²) in [5.74, 6) is 0. The van der Waals surface area contributed by atoms with E-state index in [0.29, 0.717) is 0 Å². The van der Waals surface area contributed by atoms with Crippen LogP contribution in [0.5, 0.6) is 0 Å². The first-order valence-electron chi connectivity index (χ1n) is 6.01. The number of hydrogen-bond donors (Lipinski definition) is 0. The fraction of sp³-hybridized carbons (Fsp3) is 0. The van der Waals surface area contributed by atoms with Gasteiger partial charge in [-0.3, -0.25) is 0 Å². The molecule has 0 bridgehead atoms. The number of rotatable bonds is 2. The van der Waals surface area contributed by atoms with Crippen LogP contribution in [0.4, 0.5) is 0 Å². The molecule has 4 nitrogen and oxygen atoms in total. The summed E-state index contributed by atoms with van der Waals surface area (Å²) < 4.78 is 9.79. The fourth-order valence-corrected chi connectivity index (χ4v) is 2.01. The Hall–Kier alpha value is -2.88. The monoisotopic (exact) mass is 266 g/mol. The lowest BCUT2D eigenvalue weighted by Crippen LogP contribution is -1.96. The van der Waals surface area contributed by atoms with Crippen LogP contribution in [0.1, 0.15) is 0 Å². The molecule has 0 atom stereocenters. The van der Waals surface area contributed by atoms with Crippen molar-refractivity contribution in [3.05, 3.63) is 81.9 Å².